The Morgan fingerprint density at radius 3 is 2.38 bits per heavy atom. The van der Waals surface area contributed by atoms with Crippen molar-refractivity contribution in [2.45, 2.75) is 32.4 Å². The normalized spacial score (nSPS) is 32.5. The first-order valence-corrected chi connectivity index (χ1v) is 8.27. The van der Waals surface area contributed by atoms with Gasteiger partial charge in [0.1, 0.15) is 5.54 Å². The first-order valence-electron chi connectivity index (χ1n) is 8.27. The summed E-state index contributed by atoms with van der Waals surface area (Å²) in [5.74, 6) is -3.65. The molecule has 24 heavy (non-hydrogen) atoms. The Bertz CT molecular complexity index is 688. The molecule has 2 amide bonds. The number of rotatable bonds is 4. The van der Waals surface area contributed by atoms with Gasteiger partial charge in [-0.1, -0.05) is 44.2 Å². The molecule has 4 atom stereocenters. The summed E-state index contributed by atoms with van der Waals surface area (Å²) in [5.41, 5.74) is -0.614. The van der Waals surface area contributed by atoms with Crippen LogP contribution in [0, 0.1) is 17.8 Å². The van der Waals surface area contributed by atoms with E-state index in [4.69, 9.17) is 0 Å². The maximum atomic E-state index is 12.8. The Morgan fingerprint density at radius 1 is 1.25 bits per heavy atom. The number of carbonyl (C=O) groups excluding carboxylic acids is 2. The fourth-order valence-electron chi connectivity index (χ4n) is 4.23. The van der Waals surface area contributed by atoms with E-state index < -0.39 is 29.4 Å². The second-order valence-electron chi connectivity index (χ2n) is 6.79. The minimum atomic E-state index is -1.44. The molecule has 0 aromatic heterocycles. The van der Waals surface area contributed by atoms with Crippen LogP contribution in [0.3, 0.4) is 0 Å². The van der Waals surface area contributed by atoms with Crippen LogP contribution in [0.25, 0.3) is 0 Å². The largest absolute Gasteiger partial charge is 0.480 e. The fraction of sp³-hybridized carbons (Fsp3) is 0.500. The maximum Gasteiger partial charge on any atom is 0.325 e. The van der Waals surface area contributed by atoms with E-state index in [1.807, 2.05) is 30.3 Å². The van der Waals surface area contributed by atoms with Crippen molar-refractivity contribution < 1.29 is 19.5 Å². The standard InChI is InChI=1S/C18H22N2O4/c1-4-20-15(21)12-13(16(20)22)18(10(2)3,17(23)24)19-14(12)11-8-6-5-7-9-11/h5-10,12-14,19H,4H2,1-3H3,(H,23,24). The van der Waals surface area contributed by atoms with Gasteiger partial charge in [-0.25, -0.2) is 0 Å². The van der Waals surface area contributed by atoms with Crippen molar-refractivity contribution in [2.24, 2.45) is 17.8 Å². The number of nitrogens with one attached hydrogen (secondary N) is 1. The van der Waals surface area contributed by atoms with Gasteiger partial charge in [0.05, 0.1) is 11.8 Å². The Hall–Kier alpha value is -2.21. The summed E-state index contributed by atoms with van der Waals surface area (Å²) >= 11 is 0. The molecule has 0 radical (unpaired) electrons. The molecule has 0 bridgehead atoms. The molecule has 2 aliphatic heterocycles. The van der Waals surface area contributed by atoms with Gasteiger partial charge in [0, 0.05) is 12.6 Å². The van der Waals surface area contributed by atoms with Crippen molar-refractivity contribution in [1.82, 2.24) is 10.2 Å². The second kappa shape index (κ2) is 5.70. The number of fused-ring (bicyclic) bond motifs is 1. The minimum Gasteiger partial charge on any atom is -0.480 e. The van der Waals surface area contributed by atoms with Gasteiger partial charge in [-0.2, -0.15) is 0 Å². The zero-order chi connectivity index (χ0) is 17.6. The van der Waals surface area contributed by atoms with Crippen molar-refractivity contribution in [3.63, 3.8) is 0 Å². The third-order valence-electron chi connectivity index (χ3n) is 5.43. The molecular formula is C18H22N2O4. The number of nitrogens with zero attached hydrogens (tertiary/aromatic N) is 1. The van der Waals surface area contributed by atoms with Crippen LogP contribution >= 0.6 is 0 Å². The Labute approximate surface area is 140 Å². The lowest BCUT2D eigenvalue weighted by molar-refractivity contribution is -0.153. The average Bonchev–Trinajstić information content (AvgIpc) is 3.04. The number of imide groups is 1. The quantitative estimate of drug-likeness (QED) is 0.816. The van der Waals surface area contributed by atoms with Crippen LogP contribution < -0.4 is 5.32 Å². The molecule has 2 N–H and O–H groups in total. The number of benzene rings is 1. The number of carboxylic acids is 1. The number of amides is 2. The SMILES string of the molecule is CCN1C(=O)C2C(c3ccccc3)NC(C(=O)O)(C(C)C)C2C1=O. The third-order valence-corrected chi connectivity index (χ3v) is 5.43. The monoisotopic (exact) mass is 330 g/mol. The summed E-state index contributed by atoms with van der Waals surface area (Å²) in [6.07, 6.45) is 0. The highest BCUT2D eigenvalue weighted by atomic mass is 16.4. The highest BCUT2D eigenvalue weighted by molar-refractivity contribution is 6.09. The maximum absolute atomic E-state index is 12.8. The number of likely N-dealkylation sites (tertiary alicyclic amines) is 1. The predicted octanol–water partition coefficient (Wildman–Crippen LogP) is 1.43. The lowest BCUT2D eigenvalue weighted by Crippen LogP contribution is -2.59. The van der Waals surface area contributed by atoms with E-state index in [0.717, 1.165) is 5.56 Å². The van der Waals surface area contributed by atoms with Crippen LogP contribution in [0.4, 0.5) is 0 Å². The second-order valence-corrected chi connectivity index (χ2v) is 6.79. The summed E-state index contributed by atoms with van der Waals surface area (Å²) < 4.78 is 0. The van der Waals surface area contributed by atoms with Crippen LogP contribution in [0.2, 0.25) is 0 Å². The highest BCUT2D eigenvalue weighted by Crippen LogP contribution is 2.51. The van der Waals surface area contributed by atoms with Gasteiger partial charge in [-0.05, 0) is 18.4 Å². The third kappa shape index (κ3) is 2.02. The molecule has 2 fully saturated rings. The molecule has 3 rings (SSSR count). The van der Waals surface area contributed by atoms with Gasteiger partial charge in [-0.3, -0.25) is 24.6 Å². The molecule has 2 heterocycles. The molecule has 6 nitrogen and oxygen atoms in total. The Kier molecular flexibility index (Phi) is 3.95. The number of hydrogen-bond donors (Lipinski definition) is 2. The van der Waals surface area contributed by atoms with Crippen molar-refractivity contribution >= 4 is 17.8 Å². The van der Waals surface area contributed by atoms with Gasteiger partial charge >= 0.3 is 5.97 Å². The van der Waals surface area contributed by atoms with Crippen LogP contribution in [0.1, 0.15) is 32.4 Å². The first-order chi connectivity index (χ1) is 11.4. The number of hydrogen-bond acceptors (Lipinski definition) is 4. The molecule has 1 aromatic carbocycles. The topological polar surface area (TPSA) is 86.7 Å². The van der Waals surface area contributed by atoms with E-state index >= 15 is 0 Å². The van der Waals surface area contributed by atoms with Crippen LogP contribution in [0.15, 0.2) is 30.3 Å². The first kappa shape index (κ1) is 16.6. The van der Waals surface area contributed by atoms with Crippen LogP contribution in [-0.2, 0) is 14.4 Å². The lowest BCUT2D eigenvalue weighted by Gasteiger charge is -2.34. The van der Waals surface area contributed by atoms with E-state index in [9.17, 15) is 19.5 Å². The fourth-order valence-corrected chi connectivity index (χ4v) is 4.23. The molecular weight excluding hydrogens is 308 g/mol. The van der Waals surface area contributed by atoms with E-state index in [0.29, 0.717) is 0 Å². The van der Waals surface area contributed by atoms with Gasteiger partial charge in [0.15, 0.2) is 0 Å². The Morgan fingerprint density at radius 2 is 1.88 bits per heavy atom. The molecule has 128 valence electrons. The van der Waals surface area contributed by atoms with Crippen molar-refractivity contribution in [1.29, 1.82) is 0 Å². The summed E-state index contributed by atoms with van der Waals surface area (Å²) in [7, 11) is 0. The number of carbonyl (C=O) groups is 3. The zero-order valence-electron chi connectivity index (χ0n) is 14.0. The molecule has 4 unspecified atom stereocenters. The van der Waals surface area contributed by atoms with Gasteiger partial charge < -0.3 is 5.11 Å². The van der Waals surface area contributed by atoms with Crippen molar-refractivity contribution in [3.8, 4) is 0 Å². The number of carboxylic acid groups (broad SMARTS) is 1. The summed E-state index contributed by atoms with van der Waals surface area (Å²) in [6.45, 7) is 5.55. The summed E-state index contributed by atoms with van der Waals surface area (Å²) in [4.78, 5) is 39.0. The Balaban J connectivity index is 2.17. The molecule has 2 aliphatic rings. The van der Waals surface area contributed by atoms with E-state index in [-0.39, 0.29) is 24.3 Å². The smallest absolute Gasteiger partial charge is 0.325 e. The van der Waals surface area contributed by atoms with Gasteiger partial charge in [-0.15, -0.1) is 0 Å². The molecule has 0 saturated carbocycles. The molecule has 1 aromatic rings. The minimum absolute atomic E-state index is 0.264. The van der Waals surface area contributed by atoms with Crippen LogP contribution in [0.5, 0.6) is 0 Å². The van der Waals surface area contributed by atoms with E-state index in [1.54, 1.807) is 20.8 Å². The van der Waals surface area contributed by atoms with E-state index in [2.05, 4.69) is 5.32 Å². The predicted molar refractivity (Wildman–Crippen MR) is 86.9 cm³/mol. The molecule has 2 saturated heterocycles. The van der Waals surface area contributed by atoms with Gasteiger partial charge in [0.2, 0.25) is 11.8 Å². The molecule has 0 spiro atoms. The number of aliphatic carboxylic acids is 1. The summed E-state index contributed by atoms with van der Waals surface area (Å²) in [6, 6.07) is 8.80. The average molecular weight is 330 g/mol. The highest BCUT2D eigenvalue weighted by Gasteiger charge is 2.69. The zero-order valence-corrected chi connectivity index (χ0v) is 14.0. The lowest BCUT2D eigenvalue weighted by atomic mass is 9.73. The summed E-state index contributed by atoms with van der Waals surface area (Å²) in [5, 5.41) is 13.1. The van der Waals surface area contributed by atoms with Crippen LogP contribution in [-0.4, -0.2) is 39.9 Å². The molecule has 6 heteroatoms. The van der Waals surface area contributed by atoms with Gasteiger partial charge in [0.25, 0.3) is 0 Å². The van der Waals surface area contributed by atoms with Crippen molar-refractivity contribution in [3.05, 3.63) is 35.9 Å². The van der Waals surface area contributed by atoms with Crippen molar-refractivity contribution in [2.75, 3.05) is 6.54 Å². The van der Waals surface area contributed by atoms with E-state index in [1.165, 1.54) is 4.90 Å². The molecule has 0 aliphatic carbocycles.